The number of benzene rings is 2. The topological polar surface area (TPSA) is 167 Å². The van der Waals surface area contributed by atoms with Crippen LogP contribution in [0.4, 0.5) is 5.69 Å². The Kier molecular flexibility index (Phi) is 7.38. The molecule has 0 spiro atoms. The van der Waals surface area contributed by atoms with Crippen LogP contribution in [0.5, 0.6) is 5.88 Å². The van der Waals surface area contributed by atoms with E-state index in [0.29, 0.717) is 11.3 Å². The first-order valence-electron chi connectivity index (χ1n) is 10.9. The summed E-state index contributed by atoms with van der Waals surface area (Å²) in [6, 6.07) is 13.6. The molecule has 0 radical (unpaired) electrons. The molecule has 0 aliphatic carbocycles. The van der Waals surface area contributed by atoms with Crippen LogP contribution in [0.3, 0.4) is 0 Å². The van der Waals surface area contributed by atoms with Crippen molar-refractivity contribution in [1.82, 2.24) is 10.3 Å². The summed E-state index contributed by atoms with van der Waals surface area (Å²) in [7, 11) is 1.40. The average Bonchev–Trinajstić information content (AvgIpc) is 2.82. The van der Waals surface area contributed by atoms with Gasteiger partial charge in [-0.2, -0.15) is 0 Å². The van der Waals surface area contributed by atoms with Gasteiger partial charge in [-0.15, -0.1) is 0 Å². The molecule has 1 heterocycles. The molecule has 10 nitrogen and oxygen atoms in total. The minimum atomic E-state index is -1.27. The van der Waals surface area contributed by atoms with Gasteiger partial charge in [0.1, 0.15) is 11.5 Å². The van der Waals surface area contributed by atoms with E-state index in [1.165, 1.54) is 37.4 Å². The van der Waals surface area contributed by atoms with Gasteiger partial charge < -0.3 is 26.2 Å². The number of carboxylic acid groups (broad SMARTS) is 1. The molecule has 3 rings (SSSR count). The number of aromatic carboxylic acids is 1. The Morgan fingerprint density at radius 1 is 0.944 bits per heavy atom. The summed E-state index contributed by atoms with van der Waals surface area (Å²) < 4.78 is 5.16. The molecule has 0 aliphatic heterocycles. The van der Waals surface area contributed by atoms with Crippen LogP contribution in [0, 0.1) is 5.41 Å². The first-order chi connectivity index (χ1) is 16.9. The van der Waals surface area contributed by atoms with Crippen molar-refractivity contribution in [2.75, 3.05) is 12.4 Å². The molecule has 0 fully saturated rings. The molecule has 0 saturated carbocycles. The summed E-state index contributed by atoms with van der Waals surface area (Å²) in [5.74, 6) is -2.24. The lowest BCUT2D eigenvalue weighted by molar-refractivity contribution is 0.0697. The standard InChI is InChI=1S/C26H27N5O5/c1-26(2,3)31-23(32)15-7-10-17(19(13-15)25(34)35)18-11-12-20(36-4)30-21(18)24(33)29-16-8-5-14(6-9-16)22(27)28/h5-13H,1-4H3,(H3,27,28)(H,29,33)(H,31,32)(H,34,35). The lowest BCUT2D eigenvalue weighted by Crippen LogP contribution is -2.40. The fraction of sp³-hybridized carbons (Fsp3) is 0.192. The molecule has 2 amide bonds. The van der Waals surface area contributed by atoms with Crippen molar-refractivity contribution in [2.45, 2.75) is 26.3 Å². The number of carbonyl (C=O) groups is 3. The highest BCUT2D eigenvalue weighted by Gasteiger charge is 2.23. The Bertz CT molecular complexity index is 1340. The molecule has 186 valence electrons. The van der Waals surface area contributed by atoms with Crippen LogP contribution < -0.4 is 21.1 Å². The first-order valence-corrected chi connectivity index (χ1v) is 10.9. The fourth-order valence-corrected chi connectivity index (χ4v) is 3.38. The third kappa shape index (κ3) is 6.03. The molecule has 36 heavy (non-hydrogen) atoms. The molecular weight excluding hydrogens is 462 g/mol. The molecule has 2 aromatic carbocycles. The van der Waals surface area contributed by atoms with Crippen molar-refractivity contribution in [3.05, 3.63) is 77.0 Å². The van der Waals surface area contributed by atoms with Crippen molar-refractivity contribution < 1.29 is 24.2 Å². The predicted molar refractivity (Wildman–Crippen MR) is 136 cm³/mol. The zero-order chi connectivity index (χ0) is 26.6. The van der Waals surface area contributed by atoms with Gasteiger partial charge in [0.05, 0.1) is 12.7 Å². The van der Waals surface area contributed by atoms with Crippen molar-refractivity contribution >= 4 is 29.3 Å². The van der Waals surface area contributed by atoms with Crippen LogP contribution in [0.15, 0.2) is 54.6 Å². The predicted octanol–water partition coefficient (Wildman–Crippen LogP) is 3.52. The number of nitrogens with one attached hydrogen (secondary N) is 3. The van der Waals surface area contributed by atoms with E-state index < -0.39 is 23.3 Å². The molecule has 0 unspecified atom stereocenters. The SMILES string of the molecule is COc1ccc(-c2ccc(C(=O)NC(C)(C)C)cc2C(=O)O)c(C(=O)Nc2ccc(C(=N)N)cc2)n1. The number of rotatable bonds is 7. The molecule has 0 aliphatic rings. The quantitative estimate of drug-likeness (QED) is 0.250. The highest BCUT2D eigenvalue weighted by Crippen LogP contribution is 2.30. The second-order valence-corrected chi connectivity index (χ2v) is 8.96. The second-order valence-electron chi connectivity index (χ2n) is 8.96. The number of carboxylic acids is 1. The number of nitrogen functional groups attached to an aromatic ring is 1. The molecule has 0 atom stereocenters. The molecule has 6 N–H and O–H groups in total. The van der Waals surface area contributed by atoms with Gasteiger partial charge in [0.15, 0.2) is 0 Å². The molecular formula is C26H27N5O5. The third-order valence-corrected chi connectivity index (χ3v) is 5.04. The fourth-order valence-electron chi connectivity index (χ4n) is 3.38. The Morgan fingerprint density at radius 3 is 2.11 bits per heavy atom. The summed E-state index contributed by atoms with van der Waals surface area (Å²) in [4.78, 5) is 42.2. The smallest absolute Gasteiger partial charge is 0.336 e. The van der Waals surface area contributed by atoms with Crippen LogP contribution in [-0.2, 0) is 0 Å². The number of methoxy groups -OCH3 is 1. The number of nitrogens with zero attached hydrogens (tertiary/aromatic N) is 1. The number of amides is 2. The zero-order valence-corrected chi connectivity index (χ0v) is 20.3. The number of pyridine rings is 1. The van der Waals surface area contributed by atoms with Crippen LogP contribution in [0.2, 0.25) is 0 Å². The van der Waals surface area contributed by atoms with Crippen LogP contribution >= 0.6 is 0 Å². The number of aromatic nitrogens is 1. The van der Waals surface area contributed by atoms with E-state index in [4.69, 9.17) is 15.9 Å². The Morgan fingerprint density at radius 2 is 1.56 bits per heavy atom. The number of hydrogen-bond acceptors (Lipinski definition) is 6. The highest BCUT2D eigenvalue weighted by molar-refractivity contribution is 6.10. The minimum absolute atomic E-state index is 0.0700. The number of hydrogen-bond donors (Lipinski definition) is 5. The van der Waals surface area contributed by atoms with Crippen LogP contribution in [0.1, 0.15) is 57.5 Å². The third-order valence-electron chi connectivity index (χ3n) is 5.04. The summed E-state index contributed by atoms with van der Waals surface area (Å²) in [6.45, 7) is 5.46. The van der Waals surface area contributed by atoms with E-state index in [2.05, 4.69) is 15.6 Å². The van der Waals surface area contributed by atoms with Gasteiger partial charge in [-0.25, -0.2) is 9.78 Å². The first kappa shape index (κ1) is 25.9. The van der Waals surface area contributed by atoms with Crippen LogP contribution in [0.25, 0.3) is 11.1 Å². The lowest BCUT2D eigenvalue weighted by atomic mass is 9.95. The number of amidine groups is 1. The molecule has 3 aromatic rings. The maximum Gasteiger partial charge on any atom is 0.336 e. The summed E-state index contributed by atoms with van der Waals surface area (Å²) >= 11 is 0. The highest BCUT2D eigenvalue weighted by atomic mass is 16.5. The summed E-state index contributed by atoms with van der Waals surface area (Å²) in [6.07, 6.45) is 0. The van der Waals surface area contributed by atoms with Gasteiger partial charge in [-0.05, 0) is 68.8 Å². The van der Waals surface area contributed by atoms with E-state index in [1.54, 1.807) is 24.3 Å². The van der Waals surface area contributed by atoms with Crippen molar-refractivity contribution in [2.24, 2.45) is 5.73 Å². The van der Waals surface area contributed by atoms with Crippen LogP contribution in [-0.4, -0.2) is 46.4 Å². The largest absolute Gasteiger partial charge is 0.481 e. The number of nitrogens with two attached hydrogens (primary N) is 1. The molecule has 10 heteroatoms. The van der Waals surface area contributed by atoms with Gasteiger partial charge in [-0.1, -0.05) is 6.07 Å². The van der Waals surface area contributed by atoms with Gasteiger partial charge in [0, 0.05) is 34.0 Å². The molecule has 0 saturated heterocycles. The van der Waals surface area contributed by atoms with E-state index in [-0.39, 0.29) is 39.7 Å². The summed E-state index contributed by atoms with van der Waals surface area (Å²) in [5, 5.41) is 22.9. The normalized spacial score (nSPS) is 10.9. The van der Waals surface area contributed by atoms with Crippen molar-refractivity contribution in [1.29, 1.82) is 5.41 Å². The maximum absolute atomic E-state index is 13.2. The van der Waals surface area contributed by atoms with E-state index >= 15 is 0 Å². The van der Waals surface area contributed by atoms with Gasteiger partial charge in [0.2, 0.25) is 5.88 Å². The maximum atomic E-state index is 13.2. The van der Waals surface area contributed by atoms with Gasteiger partial charge in [-0.3, -0.25) is 15.0 Å². The lowest BCUT2D eigenvalue weighted by Gasteiger charge is -2.21. The zero-order valence-electron chi connectivity index (χ0n) is 20.3. The van der Waals surface area contributed by atoms with E-state index in [0.717, 1.165) is 0 Å². The number of carbonyl (C=O) groups excluding carboxylic acids is 2. The van der Waals surface area contributed by atoms with Crippen molar-refractivity contribution in [3.8, 4) is 17.0 Å². The molecule has 0 bridgehead atoms. The average molecular weight is 490 g/mol. The second kappa shape index (κ2) is 10.3. The van der Waals surface area contributed by atoms with Gasteiger partial charge in [0.25, 0.3) is 11.8 Å². The van der Waals surface area contributed by atoms with Gasteiger partial charge >= 0.3 is 5.97 Å². The number of ether oxygens (including phenoxy) is 1. The summed E-state index contributed by atoms with van der Waals surface area (Å²) in [5.41, 5.74) is 6.27. The van der Waals surface area contributed by atoms with E-state index in [1.807, 2.05) is 20.8 Å². The number of anilines is 1. The Balaban J connectivity index is 2.05. The minimum Gasteiger partial charge on any atom is -0.481 e. The molecule has 1 aromatic heterocycles. The van der Waals surface area contributed by atoms with E-state index in [9.17, 15) is 19.5 Å². The Labute approximate surface area is 208 Å². The monoisotopic (exact) mass is 489 g/mol. The van der Waals surface area contributed by atoms with Crippen molar-refractivity contribution in [3.63, 3.8) is 0 Å². The Hall–Kier alpha value is -4.73.